The van der Waals surface area contributed by atoms with Gasteiger partial charge in [-0.3, -0.25) is 0 Å². The minimum absolute atomic E-state index is 0.0471. The van der Waals surface area contributed by atoms with E-state index in [9.17, 15) is 8.42 Å². The monoisotopic (exact) mass is 295 g/mol. The third-order valence-electron chi connectivity index (χ3n) is 3.12. The second-order valence-electron chi connectivity index (χ2n) is 4.57. The molecule has 0 atom stereocenters. The van der Waals surface area contributed by atoms with Crippen LogP contribution in [0, 0.1) is 18.8 Å². The van der Waals surface area contributed by atoms with Crippen molar-refractivity contribution >= 4 is 10.0 Å². The molecule has 1 rings (SSSR count). The molecule has 0 amide bonds. The van der Waals surface area contributed by atoms with Crippen LogP contribution in [0.4, 0.5) is 0 Å². The summed E-state index contributed by atoms with van der Waals surface area (Å²) < 4.78 is 27.2. The van der Waals surface area contributed by atoms with Crippen molar-refractivity contribution in [2.75, 3.05) is 6.61 Å². The van der Waals surface area contributed by atoms with Crippen molar-refractivity contribution < 1.29 is 13.5 Å². The molecule has 0 aromatic heterocycles. The Kier molecular flexibility index (Phi) is 6.21. The second kappa shape index (κ2) is 7.44. The zero-order valence-electron chi connectivity index (χ0n) is 12.1. The summed E-state index contributed by atoms with van der Waals surface area (Å²) >= 11 is 0. The highest BCUT2D eigenvalue weighted by molar-refractivity contribution is 7.89. The molecule has 0 aliphatic carbocycles. The average Bonchev–Trinajstić information content (AvgIpc) is 2.43. The standard InChI is InChI=1S/C15H21NO3S/c1-4-14(5-2)16-20(18,19)15-9-8-13(7-6-10-17)12(3)11-15/h8-9,11,14,16-17H,4-5,10H2,1-3H3. The van der Waals surface area contributed by atoms with Gasteiger partial charge in [0.1, 0.15) is 6.61 Å². The van der Waals surface area contributed by atoms with E-state index >= 15 is 0 Å². The predicted octanol–water partition coefficient (Wildman–Crippen LogP) is 1.81. The molecule has 2 N–H and O–H groups in total. The summed E-state index contributed by atoms with van der Waals surface area (Å²) in [6.45, 7) is 5.50. The highest BCUT2D eigenvalue weighted by atomic mass is 32.2. The summed E-state index contributed by atoms with van der Waals surface area (Å²) in [5, 5.41) is 8.68. The second-order valence-corrected chi connectivity index (χ2v) is 6.29. The van der Waals surface area contributed by atoms with Gasteiger partial charge >= 0.3 is 0 Å². The van der Waals surface area contributed by atoms with E-state index in [0.29, 0.717) is 0 Å². The molecule has 1 aromatic carbocycles. The first-order valence-corrected chi connectivity index (χ1v) is 8.15. The van der Waals surface area contributed by atoms with Gasteiger partial charge in [-0.1, -0.05) is 25.7 Å². The Morgan fingerprint density at radius 3 is 2.45 bits per heavy atom. The Morgan fingerprint density at radius 1 is 1.30 bits per heavy atom. The summed E-state index contributed by atoms with van der Waals surface area (Å²) in [5.74, 6) is 5.34. The van der Waals surface area contributed by atoms with E-state index < -0.39 is 10.0 Å². The highest BCUT2D eigenvalue weighted by Crippen LogP contribution is 2.16. The van der Waals surface area contributed by atoms with Crippen LogP contribution in [0.2, 0.25) is 0 Å². The van der Waals surface area contributed by atoms with Crippen molar-refractivity contribution in [3.05, 3.63) is 29.3 Å². The van der Waals surface area contributed by atoms with Crippen molar-refractivity contribution in [3.63, 3.8) is 0 Å². The van der Waals surface area contributed by atoms with Crippen molar-refractivity contribution in [2.45, 2.75) is 44.6 Å². The molecule has 0 spiro atoms. The third-order valence-corrected chi connectivity index (χ3v) is 4.64. The molecule has 0 aliphatic heterocycles. The van der Waals surface area contributed by atoms with E-state index in [-0.39, 0.29) is 17.5 Å². The van der Waals surface area contributed by atoms with Crippen molar-refractivity contribution in [2.24, 2.45) is 0 Å². The molecule has 0 aliphatic rings. The number of benzene rings is 1. The minimum Gasteiger partial charge on any atom is -0.384 e. The predicted molar refractivity (Wildman–Crippen MR) is 79.8 cm³/mol. The van der Waals surface area contributed by atoms with E-state index in [0.717, 1.165) is 24.0 Å². The zero-order chi connectivity index (χ0) is 15.2. The first-order valence-electron chi connectivity index (χ1n) is 6.67. The fraction of sp³-hybridized carbons (Fsp3) is 0.467. The van der Waals surface area contributed by atoms with Crippen LogP contribution in [0.25, 0.3) is 0 Å². The van der Waals surface area contributed by atoms with Crippen LogP contribution in [0.3, 0.4) is 0 Å². The van der Waals surface area contributed by atoms with Gasteiger partial charge in [0.2, 0.25) is 10.0 Å². The van der Waals surface area contributed by atoms with Gasteiger partial charge in [0.05, 0.1) is 4.90 Å². The number of aryl methyl sites for hydroxylation is 1. The van der Waals surface area contributed by atoms with Gasteiger partial charge < -0.3 is 5.11 Å². The maximum Gasteiger partial charge on any atom is 0.240 e. The first kappa shape index (κ1) is 16.7. The zero-order valence-corrected chi connectivity index (χ0v) is 12.9. The molecular formula is C15H21NO3S. The van der Waals surface area contributed by atoms with Gasteiger partial charge in [-0.15, -0.1) is 0 Å². The molecule has 20 heavy (non-hydrogen) atoms. The summed E-state index contributed by atoms with van der Waals surface area (Å²) in [6, 6.07) is 4.76. The third kappa shape index (κ3) is 4.34. The van der Waals surface area contributed by atoms with E-state index in [2.05, 4.69) is 16.6 Å². The van der Waals surface area contributed by atoms with Crippen LogP contribution in [0.5, 0.6) is 0 Å². The molecule has 0 radical (unpaired) electrons. The molecule has 110 valence electrons. The summed E-state index contributed by atoms with van der Waals surface area (Å²) in [7, 11) is -3.49. The molecule has 0 saturated carbocycles. The van der Waals surface area contributed by atoms with Crippen LogP contribution in [0.15, 0.2) is 23.1 Å². The topological polar surface area (TPSA) is 66.4 Å². The smallest absolute Gasteiger partial charge is 0.240 e. The highest BCUT2D eigenvalue weighted by Gasteiger charge is 2.18. The number of nitrogens with one attached hydrogen (secondary N) is 1. The van der Waals surface area contributed by atoms with Crippen molar-refractivity contribution in [1.29, 1.82) is 0 Å². The molecular weight excluding hydrogens is 274 g/mol. The van der Waals surface area contributed by atoms with E-state index in [1.165, 1.54) is 0 Å². The molecule has 0 fully saturated rings. The molecule has 4 nitrogen and oxygen atoms in total. The lowest BCUT2D eigenvalue weighted by Gasteiger charge is -2.15. The maximum absolute atomic E-state index is 12.3. The van der Waals surface area contributed by atoms with Crippen LogP contribution >= 0.6 is 0 Å². The van der Waals surface area contributed by atoms with Crippen LogP contribution in [-0.4, -0.2) is 26.2 Å². The number of sulfonamides is 1. The Hall–Kier alpha value is -1.35. The van der Waals surface area contributed by atoms with E-state index in [1.54, 1.807) is 25.1 Å². The fourth-order valence-corrected chi connectivity index (χ4v) is 3.31. The Bertz CT molecular complexity index is 608. The van der Waals surface area contributed by atoms with Gasteiger partial charge in [0, 0.05) is 11.6 Å². The summed E-state index contributed by atoms with van der Waals surface area (Å²) in [6.07, 6.45) is 1.52. The lowest BCUT2D eigenvalue weighted by molar-refractivity contribution is 0.350. The molecule has 1 aromatic rings. The van der Waals surface area contributed by atoms with E-state index in [1.807, 2.05) is 13.8 Å². The Balaban J connectivity index is 3.05. The SMILES string of the molecule is CCC(CC)NS(=O)(=O)c1ccc(C#CCO)c(C)c1. The molecule has 5 heteroatoms. The quantitative estimate of drug-likeness (QED) is 0.814. The number of aliphatic hydroxyl groups is 1. The van der Waals surface area contributed by atoms with Crippen LogP contribution < -0.4 is 4.72 Å². The first-order chi connectivity index (χ1) is 9.44. The maximum atomic E-state index is 12.3. The molecule has 0 bridgehead atoms. The molecule has 0 unspecified atom stereocenters. The average molecular weight is 295 g/mol. The molecule has 0 heterocycles. The van der Waals surface area contributed by atoms with E-state index in [4.69, 9.17) is 5.11 Å². The number of hydrogen-bond donors (Lipinski definition) is 2. The van der Waals surface area contributed by atoms with Gasteiger partial charge in [-0.25, -0.2) is 13.1 Å². The largest absolute Gasteiger partial charge is 0.384 e. The summed E-state index contributed by atoms with van der Waals surface area (Å²) in [4.78, 5) is 0.247. The summed E-state index contributed by atoms with van der Waals surface area (Å²) in [5.41, 5.74) is 1.50. The molecule has 0 saturated heterocycles. The van der Waals surface area contributed by atoms with Crippen LogP contribution in [0.1, 0.15) is 37.8 Å². The van der Waals surface area contributed by atoms with Gasteiger partial charge in [-0.2, -0.15) is 0 Å². The lowest BCUT2D eigenvalue weighted by Crippen LogP contribution is -2.33. The van der Waals surface area contributed by atoms with Crippen LogP contribution in [-0.2, 0) is 10.0 Å². The van der Waals surface area contributed by atoms with Gasteiger partial charge in [0.25, 0.3) is 0 Å². The van der Waals surface area contributed by atoms with Gasteiger partial charge in [0.15, 0.2) is 0 Å². The van der Waals surface area contributed by atoms with Gasteiger partial charge in [-0.05, 0) is 43.5 Å². The minimum atomic E-state index is -3.49. The number of aliphatic hydroxyl groups excluding tert-OH is 1. The fourth-order valence-electron chi connectivity index (χ4n) is 1.82. The Morgan fingerprint density at radius 2 is 1.95 bits per heavy atom. The number of hydrogen-bond acceptors (Lipinski definition) is 3. The lowest BCUT2D eigenvalue weighted by atomic mass is 10.1. The normalized spacial score (nSPS) is 11.2. The van der Waals surface area contributed by atoms with Crippen molar-refractivity contribution in [3.8, 4) is 11.8 Å². The van der Waals surface area contributed by atoms with Crippen molar-refractivity contribution in [1.82, 2.24) is 4.72 Å². The Labute approximate surface area is 121 Å². The number of rotatable bonds is 5.